The van der Waals surface area contributed by atoms with Crippen molar-refractivity contribution in [3.8, 4) is 5.69 Å². The quantitative estimate of drug-likeness (QED) is 0.715. The molecule has 0 atom stereocenters. The molecule has 1 aromatic carbocycles. The summed E-state index contributed by atoms with van der Waals surface area (Å²) < 4.78 is 1.50. The largest absolute Gasteiger partial charge is 0.295 e. The number of aryl methyl sites for hydroxylation is 2. The number of rotatable bonds is 3. The molecule has 0 spiro atoms. The number of hydrogen-bond donors (Lipinski definition) is 2. The highest BCUT2D eigenvalue weighted by Crippen LogP contribution is 2.08. The third-order valence-electron chi connectivity index (χ3n) is 3.13. The van der Waals surface area contributed by atoms with Gasteiger partial charge >= 0.3 is 0 Å². The van der Waals surface area contributed by atoms with E-state index in [4.69, 9.17) is 0 Å². The molecule has 0 radical (unpaired) electrons. The Morgan fingerprint density at radius 2 is 2.00 bits per heavy atom. The molecule has 21 heavy (non-hydrogen) atoms. The van der Waals surface area contributed by atoms with Gasteiger partial charge < -0.3 is 0 Å². The molecule has 3 rings (SSSR count). The van der Waals surface area contributed by atoms with Crippen molar-refractivity contribution in [2.45, 2.75) is 13.8 Å². The van der Waals surface area contributed by atoms with Crippen molar-refractivity contribution in [3.05, 3.63) is 57.8 Å². The van der Waals surface area contributed by atoms with Crippen LogP contribution in [-0.4, -0.2) is 31.2 Å². The van der Waals surface area contributed by atoms with Gasteiger partial charge in [-0.2, -0.15) is 10.1 Å². The second-order valence-electron chi connectivity index (χ2n) is 4.69. The zero-order valence-electron chi connectivity index (χ0n) is 11.7. The Bertz CT molecular complexity index is 823. The van der Waals surface area contributed by atoms with Crippen LogP contribution in [-0.2, 0) is 0 Å². The molecule has 0 unspecified atom stereocenters. The topological polar surface area (TPSA) is 91.7 Å². The number of H-pyrrole nitrogens is 2. The summed E-state index contributed by atoms with van der Waals surface area (Å²) in [6.07, 6.45) is 2.85. The number of aliphatic imine (C=N–C) groups is 1. The van der Waals surface area contributed by atoms with Crippen LogP contribution in [0.25, 0.3) is 5.69 Å². The van der Waals surface area contributed by atoms with Crippen LogP contribution >= 0.6 is 0 Å². The molecule has 2 N–H and O–H groups in total. The molecule has 0 bridgehead atoms. The van der Waals surface area contributed by atoms with Gasteiger partial charge in [-0.1, -0.05) is 17.7 Å². The first-order chi connectivity index (χ1) is 10.1. The molecule has 2 heterocycles. The molecular weight excluding hydrogens is 268 g/mol. The van der Waals surface area contributed by atoms with E-state index < -0.39 is 0 Å². The normalized spacial score (nSPS) is 11.3. The van der Waals surface area contributed by atoms with Crippen molar-refractivity contribution in [3.63, 3.8) is 0 Å². The lowest BCUT2D eigenvalue weighted by Gasteiger charge is -2.01. The highest BCUT2D eigenvalue weighted by atomic mass is 16.1. The maximum absolute atomic E-state index is 12.4. The van der Waals surface area contributed by atoms with Gasteiger partial charge in [-0.3, -0.25) is 9.89 Å². The van der Waals surface area contributed by atoms with Gasteiger partial charge in [0.05, 0.1) is 11.3 Å². The molecule has 0 saturated carbocycles. The SMILES string of the molecule is Cc1ccc(-n2[nH]c(C)c(/C=N/c3ncn[nH]3)c2=O)cc1. The number of aromatic nitrogens is 5. The van der Waals surface area contributed by atoms with Gasteiger partial charge in [-0.05, 0) is 26.0 Å². The zero-order chi connectivity index (χ0) is 14.8. The molecule has 7 nitrogen and oxygen atoms in total. The maximum atomic E-state index is 12.4. The van der Waals surface area contributed by atoms with Crippen LogP contribution in [0.1, 0.15) is 16.8 Å². The van der Waals surface area contributed by atoms with Crippen molar-refractivity contribution >= 4 is 12.2 Å². The molecule has 7 heteroatoms. The van der Waals surface area contributed by atoms with Crippen LogP contribution in [0, 0.1) is 13.8 Å². The number of nitrogens with zero attached hydrogens (tertiary/aromatic N) is 4. The summed E-state index contributed by atoms with van der Waals surface area (Å²) in [6, 6.07) is 7.70. The van der Waals surface area contributed by atoms with Crippen molar-refractivity contribution in [1.29, 1.82) is 0 Å². The van der Waals surface area contributed by atoms with Crippen LogP contribution in [0.4, 0.5) is 5.95 Å². The van der Waals surface area contributed by atoms with E-state index in [-0.39, 0.29) is 5.56 Å². The number of aromatic amines is 2. The van der Waals surface area contributed by atoms with E-state index >= 15 is 0 Å². The van der Waals surface area contributed by atoms with E-state index in [1.54, 1.807) is 0 Å². The van der Waals surface area contributed by atoms with Gasteiger partial charge in [-0.15, -0.1) is 0 Å². The monoisotopic (exact) mass is 282 g/mol. The minimum Gasteiger partial charge on any atom is -0.295 e. The third-order valence-corrected chi connectivity index (χ3v) is 3.13. The highest BCUT2D eigenvalue weighted by molar-refractivity contribution is 5.82. The zero-order valence-corrected chi connectivity index (χ0v) is 11.7. The van der Waals surface area contributed by atoms with Crippen LogP contribution < -0.4 is 5.56 Å². The van der Waals surface area contributed by atoms with Gasteiger partial charge in [0.1, 0.15) is 6.33 Å². The van der Waals surface area contributed by atoms with Gasteiger partial charge in [0.15, 0.2) is 0 Å². The molecule has 0 aliphatic rings. The van der Waals surface area contributed by atoms with Crippen LogP contribution in [0.2, 0.25) is 0 Å². The summed E-state index contributed by atoms with van der Waals surface area (Å²) in [6.45, 7) is 3.83. The summed E-state index contributed by atoms with van der Waals surface area (Å²) in [7, 11) is 0. The first kappa shape index (κ1) is 13.0. The Hall–Kier alpha value is -2.96. The predicted molar refractivity (Wildman–Crippen MR) is 79.5 cm³/mol. The molecule has 0 fully saturated rings. The molecule has 2 aromatic heterocycles. The lowest BCUT2D eigenvalue weighted by Crippen LogP contribution is -2.17. The maximum Gasteiger partial charge on any atom is 0.280 e. The Morgan fingerprint density at radius 1 is 1.24 bits per heavy atom. The summed E-state index contributed by atoms with van der Waals surface area (Å²) in [5.74, 6) is 0.358. The van der Waals surface area contributed by atoms with E-state index in [0.717, 1.165) is 16.9 Å². The minimum absolute atomic E-state index is 0.153. The van der Waals surface area contributed by atoms with Crippen molar-refractivity contribution in [2.75, 3.05) is 0 Å². The van der Waals surface area contributed by atoms with Crippen LogP contribution in [0.5, 0.6) is 0 Å². The average Bonchev–Trinajstić information content (AvgIpc) is 3.07. The van der Waals surface area contributed by atoms with Gasteiger partial charge in [-0.25, -0.2) is 14.8 Å². The minimum atomic E-state index is -0.153. The van der Waals surface area contributed by atoms with Crippen LogP contribution in [0.15, 0.2) is 40.4 Å². The van der Waals surface area contributed by atoms with Crippen LogP contribution in [0.3, 0.4) is 0 Å². The highest BCUT2D eigenvalue weighted by Gasteiger charge is 2.10. The lowest BCUT2D eigenvalue weighted by molar-refractivity contribution is 0.835. The van der Waals surface area contributed by atoms with Gasteiger partial charge in [0.25, 0.3) is 5.56 Å². The molecule has 106 valence electrons. The Morgan fingerprint density at radius 3 is 2.67 bits per heavy atom. The number of nitrogens with one attached hydrogen (secondary N) is 2. The Kier molecular flexibility index (Phi) is 3.23. The van der Waals surface area contributed by atoms with E-state index in [2.05, 4.69) is 25.3 Å². The van der Waals surface area contributed by atoms with Crippen molar-refractivity contribution in [1.82, 2.24) is 25.0 Å². The summed E-state index contributed by atoms with van der Waals surface area (Å²) in [5.41, 5.74) is 3.01. The summed E-state index contributed by atoms with van der Waals surface area (Å²) in [4.78, 5) is 20.4. The fourth-order valence-corrected chi connectivity index (χ4v) is 1.97. The smallest absolute Gasteiger partial charge is 0.280 e. The van der Waals surface area contributed by atoms with E-state index in [1.165, 1.54) is 17.2 Å². The first-order valence-electron chi connectivity index (χ1n) is 6.43. The van der Waals surface area contributed by atoms with E-state index in [0.29, 0.717) is 11.5 Å². The van der Waals surface area contributed by atoms with E-state index in [1.807, 2.05) is 38.1 Å². The lowest BCUT2D eigenvalue weighted by atomic mass is 10.2. The Balaban J connectivity index is 2.00. The predicted octanol–water partition coefficient (Wildman–Crippen LogP) is 1.65. The number of benzene rings is 1. The fraction of sp³-hybridized carbons (Fsp3) is 0.143. The van der Waals surface area contributed by atoms with Gasteiger partial charge in [0, 0.05) is 11.9 Å². The summed E-state index contributed by atoms with van der Waals surface area (Å²) >= 11 is 0. The molecule has 3 aromatic rings. The number of hydrogen-bond acceptors (Lipinski definition) is 4. The van der Waals surface area contributed by atoms with E-state index in [9.17, 15) is 4.79 Å². The molecule has 0 aliphatic carbocycles. The standard InChI is InChI=1S/C14H14N6O/c1-9-3-5-11(6-4-9)20-13(21)12(10(2)19-20)7-15-14-16-8-17-18-14/h3-8,19H,1-2H3,(H,16,17,18)/b15-7+. The van der Waals surface area contributed by atoms with Gasteiger partial charge in [0.2, 0.25) is 5.95 Å². The average molecular weight is 282 g/mol. The molecule has 0 amide bonds. The molecular formula is C14H14N6O. The fourth-order valence-electron chi connectivity index (χ4n) is 1.97. The third kappa shape index (κ3) is 2.53. The van der Waals surface area contributed by atoms with Crippen molar-refractivity contribution in [2.24, 2.45) is 4.99 Å². The second kappa shape index (κ2) is 5.20. The Labute approximate surface area is 120 Å². The molecule has 0 saturated heterocycles. The summed E-state index contributed by atoms with van der Waals surface area (Å²) in [5, 5.41) is 9.36. The second-order valence-corrected chi connectivity index (χ2v) is 4.69. The first-order valence-corrected chi connectivity index (χ1v) is 6.43. The van der Waals surface area contributed by atoms with Crippen molar-refractivity contribution < 1.29 is 0 Å². The molecule has 0 aliphatic heterocycles.